The van der Waals surface area contributed by atoms with Crippen molar-refractivity contribution in [2.24, 2.45) is 10.9 Å². The summed E-state index contributed by atoms with van der Waals surface area (Å²) in [6.07, 6.45) is 0.745. The first-order valence-electron chi connectivity index (χ1n) is 8.69. The van der Waals surface area contributed by atoms with E-state index in [1.165, 1.54) is 11.1 Å². The Kier molecular flexibility index (Phi) is 9.20. The maximum atomic E-state index is 11.5. The Hall–Kier alpha value is -0.830. The zero-order chi connectivity index (χ0) is 17.6. The predicted molar refractivity (Wildman–Crippen MR) is 116 cm³/mol. The molecule has 1 aliphatic rings. The summed E-state index contributed by atoms with van der Waals surface area (Å²) in [7, 11) is -2.82. The first-order valence-corrected chi connectivity index (χ1v) is 10.5. The van der Waals surface area contributed by atoms with Gasteiger partial charge in [-0.25, -0.2) is 8.42 Å². The quantitative estimate of drug-likeness (QED) is 0.374. The van der Waals surface area contributed by atoms with Crippen molar-refractivity contribution in [3.63, 3.8) is 0 Å². The van der Waals surface area contributed by atoms with Gasteiger partial charge in [0.25, 0.3) is 0 Å². The summed E-state index contributed by atoms with van der Waals surface area (Å²) < 4.78 is 23.1. The highest BCUT2D eigenvalue weighted by molar-refractivity contribution is 14.0. The molecule has 1 aromatic carbocycles. The summed E-state index contributed by atoms with van der Waals surface area (Å²) in [6, 6.07) is 8.55. The molecule has 1 aliphatic heterocycles. The van der Waals surface area contributed by atoms with E-state index in [1.54, 1.807) is 0 Å². The van der Waals surface area contributed by atoms with Crippen molar-refractivity contribution in [2.75, 3.05) is 31.1 Å². The summed E-state index contributed by atoms with van der Waals surface area (Å²) in [5.74, 6) is 1.90. The monoisotopic (exact) mass is 479 g/mol. The van der Waals surface area contributed by atoms with Crippen LogP contribution < -0.4 is 10.6 Å². The van der Waals surface area contributed by atoms with Gasteiger partial charge in [0.2, 0.25) is 0 Å². The fraction of sp³-hybridized carbons (Fsp3) is 0.611. The van der Waals surface area contributed by atoms with Crippen molar-refractivity contribution in [3.05, 3.63) is 35.4 Å². The fourth-order valence-electron chi connectivity index (χ4n) is 2.84. The fourth-order valence-corrected chi connectivity index (χ4v) is 4.71. The third-order valence-corrected chi connectivity index (χ3v) is 6.24. The second-order valence-corrected chi connectivity index (χ2v) is 8.91. The molecule has 2 atom stereocenters. The van der Waals surface area contributed by atoms with Gasteiger partial charge in [0, 0.05) is 25.6 Å². The smallest absolute Gasteiger partial charge is 0.191 e. The molecule has 1 heterocycles. The van der Waals surface area contributed by atoms with E-state index in [4.69, 9.17) is 0 Å². The van der Waals surface area contributed by atoms with Crippen molar-refractivity contribution in [3.8, 4) is 0 Å². The number of aryl methyl sites for hydroxylation is 1. The van der Waals surface area contributed by atoms with Crippen LogP contribution in [0.5, 0.6) is 0 Å². The highest BCUT2D eigenvalue weighted by Gasteiger charge is 2.27. The number of guanidine groups is 1. The molecule has 0 radical (unpaired) electrons. The van der Waals surface area contributed by atoms with E-state index >= 15 is 0 Å². The van der Waals surface area contributed by atoms with E-state index in [1.807, 2.05) is 6.92 Å². The molecule has 25 heavy (non-hydrogen) atoms. The molecule has 0 bridgehead atoms. The Bertz CT molecular complexity index is 659. The number of nitrogens with one attached hydrogen (secondary N) is 2. The molecule has 0 amide bonds. The number of nitrogens with zero attached hydrogens (tertiary/aromatic N) is 1. The zero-order valence-corrected chi connectivity index (χ0v) is 18.4. The number of sulfone groups is 1. The van der Waals surface area contributed by atoms with Gasteiger partial charge >= 0.3 is 0 Å². The molecule has 1 fully saturated rings. The van der Waals surface area contributed by atoms with Crippen molar-refractivity contribution in [2.45, 2.75) is 33.1 Å². The van der Waals surface area contributed by atoms with E-state index in [2.05, 4.69) is 53.7 Å². The maximum Gasteiger partial charge on any atom is 0.191 e. The number of aliphatic imine (C=N–C) groups is 1. The molecule has 0 spiro atoms. The largest absolute Gasteiger partial charge is 0.357 e. The van der Waals surface area contributed by atoms with Gasteiger partial charge in [-0.2, -0.15) is 0 Å². The molecule has 2 unspecified atom stereocenters. The van der Waals surface area contributed by atoms with Crippen molar-refractivity contribution in [1.29, 1.82) is 0 Å². The van der Waals surface area contributed by atoms with Crippen LogP contribution in [0.2, 0.25) is 0 Å². The third-order valence-electron chi connectivity index (χ3n) is 4.40. The molecular formula is C18H30IN3O2S. The standard InChI is InChI=1S/C18H29N3O2S.HI/c1-4-19-18(21-12-16-9-10-24(22,23)13-16)20-11-15(3)17-7-5-14(2)6-8-17;/h5-8,15-16H,4,9-13H2,1-3H3,(H2,19,20,21);1H. The van der Waals surface area contributed by atoms with Gasteiger partial charge < -0.3 is 10.6 Å². The molecule has 7 heteroatoms. The lowest BCUT2D eigenvalue weighted by Crippen LogP contribution is -2.40. The Balaban J connectivity index is 0.00000312. The van der Waals surface area contributed by atoms with E-state index in [9.17, 15) is 8.42 Å². The molecule has 5 nitrogen and oxygen atoms in total. The second-order valence-electron chi connectivity index (χ2n) is 6.68. The van der Waals surface area contributed by atoms with Crippen LogP contribution in [-0.2, 0) is 9.84 Å². The van der Waals surface area contributed by atoms with Gasteiger partial charge in [0.05, 0.1) is 11.5 Å². The van der Waals surface area contributed by atoms with Crippen molar-refractivity contribution < 1.29 is 8.42 Å². The minimum atomic E-state index is -2.82. The average Bonchev–Trinajstić information content (AvgIpc) is 2.89. The van der Waals surface area contributed by atoms with Gasteiger partial charge in [-0.1, -0.05) is 36.8 Å². The summed E-state index contributed by atoms with van der Waals surface area (Å²) in [5, 5.41) is 6.52. The van der Waals surface area contributed by atoms with Crippen LogP contribution in [0, 0.1) is 12.8 Å². The van der Waals surface area contributed by atoms with Gasteiger partial charge in [0.1, 0.15) is 0 Å². The van der Waals surface area contributed by atoms with Crippen LogP contribution in [0.1, 0.15) is 37.3 Å². The molecule has 0 aliphatic carbocycles. The Morgan fingerprint density at radius 2 is 1.96 bits per heavy atom. The summed E-state index contributed by atoms with van der Waals surface area (Å²) in [5.41, 5.74) is 2.54. The molecule has 0 aromatic heterocycles. The number of halogens is 1. The Morgan fingerprint density at radius 1 is 1.28 bits per heavy atom. The first kappa shape index (κ1) is 22.2. The summed E-state index contributed by atoms with van der Waals surface area (Å²) in [4.78, 5) is 4.65. The average molecular weight is 479 g/mol. The lowest BCUT2D eigenvalue weighted by molar-refractivity contribution is 0.567. The molecule has 2 rings (SSSR count). The highest BCUT2D eigenvalue weighted by Crippen LogP contribution is 2.18. The van der Waals surface area contributed by atoms with Gasteiger partial charge in [-0.05, 0) is 31.7 Å². The lowest BCUT2D eigenvalue weighted by atomic mass is 10.0. The predicted octanol–water partition coefficient (Wildman–Crippen LogP) is 2.71. The number of rotatable bonds is 6. The van der Waals surface area contributed by atoms with Crippen molar-refractivity contribution >= 4 is 39.8 Å². The van der Waals surface area contributed by atoms with Crippen LogP contribution in [0.25, 0.3) is 0 Å². The van der Waals surface area contributed by atoms with Crippen LogP contribution in [0.4, 0.5) is 0 Å². The molecule has 1 saturated heterocycles. The molecule has 1 aromatic rings. The molecule has 0 saturated carbocycles. The van der Waals surface area contributed by atoms with E-state index in [0.29, 0.717) is 30.5 Å². The Morgan fingerprint density at radius 3 is 2.52 bits per heavy atom. The maximum absolute atomic E-state index is 11.5. The number of hydrogen-bond acceptors (Lipinski definition) is 3. The number of hydrogen-bond donors (Lipinski definition) is 2. The minimum Gasteiger partial charge on any atom is -0.357 e. The summed E-state index contributed by atoms with van der Waals surface area (Å²) in [6.45, 7) is 8.42. The molecule has 2 N–H and O–H groups in total. The van der Waals surface area contributed by atoms with Crippen molar-refractivity contribution in [1.82, 2.24) is 10.6 Å². The third kappa shape index (κ3) is 7.52. The molecular weight excluding hydrogens is 449 g/mol. The van der Waals surface area contributed by atoms with Gasteiger partial charge in [0.15, 0.2) is 15.8 Å². The normalized spacial score (nSPS) is 20.6. The highest BCUT2D eigenvalue weighted by atomic mass is 127. The SMILES string of the molecule is CCNC(=NCC(C)c1ccc(C)cc1)NCC1CCS(=O)(=O)C1.I. The molecule has 142 valence electrons. The second kappa shape index (κ2) is 10.4. The Labute approximate surface area is 169 Å². The topological polar surface area (TPSA) is 70.6 Å². The van der Waals surface area contributed by atoms with E-state index in [-0.39, 0.29) is 29.9 Å². The number of benzene rings is 1. The summed E-state index contributed by atoms with van der Waals surface area (Å²) >= 11 is 0. The lowest BCUT2D eigenvalue weighted by Gasteiger charge is -2.16. The van der Waals surface area contributed by atoms with Crippen LogP contribution >= 0.6 is 24.0 Å². The van der Waals surface area contributed by atoms with Crippen LogP contribution in [0.3, 0.4) is 0 Å². The first-order chi connectivity index (χ1) is 11.4. The zero-order valence-electron chi connectivity index (χ0n) is 15.3. The van der Waals surface area contributed by atoms with E-state index in [0.717, 1.165) is 18.9 Å². The van der Waals surface area contributed by atoms with Crippen LogP contribution in [0.15, 0.2) is 29.3 Å². The van der Waals surface area contributed by atoms with Gasteiger partial charge in [-0.3, -0.25) is 4.99 Å². The van der Waals surface area contributed by atoms with Crippen LogP contribution in [-0.4, -0.2) is 45.5 Å². The van der Waals surface area contributed by atoms with E-state index < -0.39 is 9.84 Å². The minimum absolute atomic E-state index is 0. The van der Waals surface area contributed by atoms with Gasteiger partial charge in [-0.15, -0.1) is 24.0 Å².